The van der Waals surface area contributed by atoms with Gasteiger partial charge in [0, 0.05) is 45.2 Å². The van der Waals surface area contributed by atoms with Crippen molar-refractivity contribution in [1.82, 2.24) is 10.2 Å². The first-order chi connectivity index (χ1) is 21.1. The van der Waals surface area contributed by atoms with Gasteiger partial charge in [-0.2, -0.15) is 0 Å². The molecule has 0 radical (unpaired) electrons. The summed E-state index contributed by atoms with van der Waals surface area (Å²) in [6, 6.07) is 9.33. The van der Waals surface area contributed by atoms with Gasteiger partial charge >= 0.3 is 11.9 Å². The number of carbonyl (C=O) groups excluding carboxylic acids is 2. The van der Waals surface area contributed by atoms with E-state index in [1.54, 1.807) is 20.0 Å². The second-order valence-electron chi connectivity index (χ2n) is 17.1. The molecule has 6 nitrogen and oxygen atoms in total. The molecule has 1 aliphatic heterocycles. The zero-order valence-electron chi connectivity index (χ0n) is 30.9. The van der Waals surface area contributed by atoms with Crippen LogP contribution in [-0.2, 0) is 32.0 Å². The van der Waals surface area contributed by atoms with Crippen molar-refractivity contribution in [3.63, 3.8) is 0 Å². The number of ether oxygens (including phenoxy) is 2. The normalized spacial score (nSPS) is 19.6. The SMILES string of the molecule is CCCC(CCCN(C=C1C(=O)OC(C)(C)OC1=O)Cc1ccc(CC(C)(C)C)cc1)NC1C=C(C(C)(C)C)C=C(C(C)(C)C)C1. The smallest absolute Gasteiger partial charge is 0.350 e. The quantitative estimate of drug-likeness (QED) is 0.141. The largest absolute Gasteiger partial charge is 0.419 e. The first-order valence-corrected chi connectivity index (χ1v) is 17.3. The first-order valence-electron chi connectivity index (χ1n) is 17.3. The molecule has 6 heteroatoms. The van der Waals surface area contributed by atoms with E-state index in [-0.39, 0.29) is 21.8 Å². The van der Waals surface area contributed by atoms with Gasteiger partial charge in [-0.3, -0.25) is 0 Å². The van der Waals surface area contributed by atoms with E-state index in [0.29, 0.717) is 25.2 Å². The van der Waals surface area contributed by atoms with Crippen LogP contribution in [-0.4, -0.2) is 41.3 Å². The third-order valence-electron chi connectivity index (χ3n) is 8.64. The topological polar surface area (TPSA) is 67.9 Å². The van der Waals surface area contributed by atoms with E-state index in [1.807, 2.05) is 0 Å². The fourth-order valence-corrected chi connectivity index (χ4v) is 6.15. The standard InChI is InChI=1S/C40H62N2O4/c1-13-15-32(41-33-23-30(38(5,6)7)22-31(24-33)39(8,9)10)16-14-21-42(27-34-35(43)45-40(11,12)46-36(34)44)26-29-19-17-28(18-20-29)25-37(2,3)4/h17-20,22-23,27,32-33,41H,13-16,21,24-26H2,1-12H3. The predicted octanol–water partition coefficient (Wildman–Crippen LogP) is 9.05. The summed E-state index contributed by atoms with van der Waals surface area (Å²) in [5, 5.41) is 4.01. The van der Waals surface area contributed by atoms with Crippen LogP contribution in [0.15, 0.2) is 59.3 Å². The highest BCUT2D eigenvalue weighted by molar-refractivity contribution is 6.15. The summed E-state index contributed by atoms with van der Waals surface area (Å²) in [7, 11) is 0. The maximum atomic E-state index is 12.8. The van der Waals surface area contributed by atoms with Crippen molar-refractivity contribution < 1.29 is 19.1 Å². The van der Waals surface area contributed by atoms with Crippen LogP contribution in [0.5, 0.6) is 0 Å². The Morgan fingerprint density at radius 3 is 2.02 bits per heavy atom. The summed E-state index contributed by atoms with van der Waals surface area (Å²) >= 11 is 0. The summed E-state index contributed by atoms with van der Waals surface area (Å²) < 4.78 is 10.8. The summed E-state index contributed by atoms with van der Waals surface area (Å²) in [6.07, 6.45) is 12.6. The van der Waals surface area contributed by atoms with Crippen LogP contribution in [0.1, 0.15) is 126 Å². The molecule has 46 heavy (non-hydrogen) atoms. The lowest BCUT2D eigenvalue weighted by Gasteiger charge is -2.36. The molecule has 0 aromatic heterocycles. The maximum Gasteiger partial charge on any atom is 0.350 e. The number of esters is 2. The Labute approximate surface area is 280 Å². The number of nitrogens with one attached hydrogen (secondary N) is 1. The van der Waals surface area contributed by atoms with E-state index in [4.69, 9.17) is 9.47 Å². The summed E-state index contributed by atoms with van der Waals surface area (Å²) in [6.45, 7) is 27.2. The van der Waals surface area contributed by atoms with Gasteiger partial charge in [0.2, 0.25) is 0 Å². The van der Waals surface area contributed by atoms with Crippen LogP contribution in [0.2, 0.25) is 0 Å². The van der Waals surface area contributed by atoms with Crippen molar-refractivity contribution in [3.05, 3.63) is 70.5 Å². The zero-order valence-corrected chi connectivity index (χ0v) is 30.9. The van der Waals surface area contributed by atoms with Crippen molar-refractivity contribution in [2.24, 2.45) is 16.2 Å². The van der Waals surface area contributed by atoms with E-state index < -0.39 is 17.7 Å². The number of hydrogen-bond donors (Lipinski definition) is 1. The van der Waals surface area contributed by atoms with Crippen LogP contribution in [0.4, 0.5) is 0 Å². The number of allylic oxidation sites excluding steroid dienone is 2. The third kappa shape index (κ3) is 11.7. The molecule has 2 unspecified atom stereocenters. The third-order valence-corrected chi connectivity index (χ3v) is 8.64. The molecule has 1 N–H and O–H groups in total. The molecule has 0 bridgehead atoms. The summed E-state index contributed by atoms with van der Waals surface area (Å²) in [5.74, 6) is -2.54. The van der Waals surface area contributed by atoms with E-state index >= 15 is 0 Å². The Hall–Kier alpha value is -2.86. The van der Waals surface area contributed by atoms with Gasteiger partial charge in [-0.05, 0) is 65.0 Å². The fourth-order valence-electron chi connectivity index (χ4n) is 6.15. The van der Waals surface area contributed by atoms with Crippen LogP contribution in [0.25, 0.3) is 0 Å². The van der Waals surface area contributed by atoms with Crippen molar-refractivity contribution in [2.75, 3.05) is 6.54 Å². The van der Waals surface area contributed by atoms with Gasteiger partial charge in [0.15, 0.2) is 5.57 Å². The average Bonchev–Trinajstić information content (AvgIpc) is 2.89. The lowest BCUT2D eigenvalue weighted by atomic mass is 9.74. The molecular formula is C40H62N2O4. The Morgan fingerprint density at radius 1 is 0.913 bits per heavy atom. The number of nitrogens with zero attached hydrogens (tertiary/aromatic N) is 1. The first kappa shape index (κ1) is 37.6. The molecule has 0 spiro atoms. The minimum Gasteiger partial charge on any atom is -0.419 e. The lowest BCUT2D eigenvalue weighted by Crippen LogP contribution is -2.42. The fraction of sp³-hybridized carbons (Fsp3) is 0.650. The Balaban J connectivity index is 1.77. The molecule has 3 rings (SSSR count). The molecule has 0 saturated carbocycles. The second kappa shape index (κ2) is 14.9. The molecule has 2 aliphatic rings. The van der Waals surface area contributed by atoms with Gasteiger partial charge in [-0.1, -0.05) is 118 Å². The number of carbonyl (C=O) groups is 2. The lowest BCUT2D eigenvalue weighted by molar-refractivity contribution is -0.222. The molecular weight excluding hydrogens is 572 g/mol. The number of rotatable bonds is 12. The summed E-state index contributed by atoms with van der Waals surface area (Å²) in [5.41, 5.74) is 5.68. The highest BCUT2D eigenvalue weighted by atomic mass is 16.7. The van der Waals surface area contributed by atoms with Gasteiger partial charge in [-0.25, -0.2) is 9.59 Å². The van der Waals surface area contributed by atoms with Crippen LogP contribution in [0.3, 0.4) is 0 Å². The van der Waals surface area contributed by atoms with E-state index in [9.17, 15) is 9.59 Å². The van der Waals surface area contributed by atoms with E-state index in [0.717, 1.165) is 44.1 Å². The summed E-state index contributed by atoms with van der Waals surface area (Å²) in [4.78, 5) is 27.7. The molecule has 1 fully saturated rings. The van der Waals surface area contributed by atoms with Crippen molar-refractivity contribution in [1.29, 1.82) is 0 Å². The number of hydrogen-bond acceptors (Lipinski definition) is 6. The molecule has 0 amide bonds. The highest BCUT2D eigenvalue weighted by Gasteiger charge is 2.39. The van der Waals surface area contributed by atoms with Crippen LogP contribution < -0.4 is 5.32 Å². The van der Waals surface area contributed by atoms with E-state index in [2.05, 4.69) is 116 Å². The Bertz CT molecular complexity index is 1270. The minimum absolute atomic E-state index is 0.0598. The molecule has 256 valence electrons. The molecule has 1 aliphatic carbocycles. The van der Waals surface area contributed by atoms with Crippen molar-refractivity contribution in [3.8, 4) is 0 Å². The van der Waals surface area contributed by atoms with Crippen LogP contribution >= 0.6 is 0 Å². The Morgan fingerprint density at radius 2 is 1.50 bits per heavy atom. The molecule has 1 aromatic carbocycles. The average molecular weight is 635 g/mol. The maximum absolute atomic E-state index is 12.8. The van der Waals surface area contributed by atoms with Crippen molar-refractivity contribution in [2.45, 2.75) is 146 Å². The second-order valence-corrected chi connectivity index (χ2v) is 17.1. The minimum atomic E-state index is -1.26. The van der Waals surface area contributed by atoms with Gasteiger partial charge in [-0.15, -0.1) is 0 Å². The number of benzene rings is 1. The molecule has 2 atom stereocenters. The van der Waals surface area contributed by atoms with Crippen molar-refractivity contribution >= 4 is 11.9 Å². The van der Waals surface area contributed by atoms with Gasteiger partial charge in [0.25, 0.3) is 5.79 Å². The number of cyclic esters (lactones) is 2. The highest BCUT2D eigenvalue weighted by Crippen LogP contribution is 2.38. The zero-order chi connectivity index (χ0) is 34.5. The molecule has 1 aromatic rings. The molecule has 1 saturated heterocycles. The predicted molar refractivity (Wildman–Crippen MR) is 189 cm³/mol. The van der Waals surface area contributed by atoms with Gasteiger partial charge < -0.3 is 19.7 Å². The van der Waals surface area contributed by atoms with Gasteiger partial charge in [0.1, 0.15) is 0 Å². The monoisotopic (exact) mass is 634 g/mol. The van der Waals surface area contributed by atoms with Crippen LogP contribution in [0, 0.1) is 16.2 Å². The van der Waals surface area contributed by atoms with E-state index in [1.165, 1.54) is 16.7 Å². The van der Waals surface area contributed by atoms with Gasteiger partial charge in [0.05, 0.1) is 0 Å². The Kier molecular flexibility index (Phi) is 12.2. The molecule has 1 heterocycles.